The third kappa shape index (κ3) is 4.13. The lowest BCUT2D eigenvalue weighted by atomic mass is 9.96. The molecular formula is C20H30N4O. The van der Waals surface area contributed by atoms with Crippen LogP contribution in [-0.2, 0) is 0 Å². The standard InChI is InChI=1S/C20H30N4O/c1-15-9-16(2)22-20(19(15)10-21)24-12-17(18(13-24)14-25)11-23-7-5-3-4-6-8-23/h9,17-18,25H,3-8,11-14H2,1-2H3/t17-,18-/m1/s1. The van der Waals surface area contributed by atoms with Gasteiger partial charge < -0.3 is 14.9 Å². The lowest BCUT2D eigenvalue weighted by Gasteiger charge is -2.26. The predicted octanol–water partition coefficient (Wildman–Crippen LogP) is 2.49. The Labute approximate surface area is 151 Å². The SMILES string of the molecule is Cc1cc(C)c(C#N)c(N2C[C@@H](CN3CCCCCC3)[C@@H](CO)C2)n1. The molecular weight excluding hydrogens is 312 g/mol. The molecule has 5 nitrogen and oxygen atoms in total. The zero-order valence-corrected chi connectivity index (χ0v) is 15.5. The molecule has 3 heterocycles. The van der Waals surface area contributed by atoms with Crippen molar-refractivity contribution in [3.05, 3.63) is 22.9 Å². The molecule has 2 atom stereocenters. The molecule has 0 unspecified atom stereocenters. The first-order valence-corrected chi connectivity index (χ1v) is 9.59. The van der Waals surface area contributed by atoms with E-state index in [9.17, 15) is 10.4 Å². The Morgan fingerprint density at radius 3 is 2.48 bits per heavy atom. The Bertz CT molecular complexity index is 631. The van der Waals surface area contributed by atoms with Gasteiger partial charge in [-0.1, -0.05) is 12.8 Å². The average molecular weight is 342 g/mol. The number of aliphatic hydroxyl groups excluding tert-OH is 1. The molecule has 0 saturated carbocycles. The number of hydrogen-bond donors (Lipinski definition) is 1. The van der Waals surface area contributed by atoms with Gasteiger partial charge in [-0.2, -0.15) is 5.26 Å². The molecule has 0 amide bonds. The van der Waals surface area contributed by atoms with Crippen molar-refractivity contribution in [2.24, 2.45) is 11.8 Å². The van der Waals surface area contributed by atoms with Gasteiger partial charge in [-0.25, -0.2) is 4.98 Å². The second kappa shape index (κ2) is 8.16. The third-order valence-electron chi connectivity index (χ3n) is 5.74. The summed E-state index contributed by atoms with van der Waals surface area (Å²) in [6.07, 6.45) is 5.26. The van der Waals surface area contributed by atoms with Crippen LogP contribution in [-0.4, -0.2) is 54.3 Å². The minimum atomic E-state index is 0.210. The van der Waals surface area contributed by atoms with Gasteiger partial charge in [0.15, 0.2) is 0 Å². The summed E-state index contributed by atoms with van der Waals surface area (Å²) in [5.74, 6) is 1.51. The van der Waals surface area contributed by atoms with E-state index in [1.165, 1.54) is 38.8 Å². The zero-order valence-electron chi connectivity index (χ0n) is 15.5. The molecule has 2 aliphatic heterocycles. The molecule has 2 fully saturated rings. The predicted molar refractivity (Wildman–Crippen MR) is 99.6 cm³/mol. The van der Waals surface area contributed by atoms with Gasteiger partial charge in [0.25, 0.3) is 0 Å². The second-order valence-electron chi connectivity index (χ2n) is 7.71. The zero-order chi connectivity index (χ0) is 17.8. The van der Waals surface area contributed by atoms with Gasteiger partial charge in [-0.05, 0) is 57.3 Å². The molecule has 5 heteroatoms. The van der Waals surface area contributed by atoms with Crippen molar-refractivity contribution in [3.63, 3.8) is 0 Å². The minimum absolute atomic E-state index is 0.210. The van der Waals surface area contributed by atoms with Crippen LogP contribution in [0, 0.1) is 37.0 Å². The van der Waals surface area contributed by atoms with Gasteiger partial charge in [0.2, 0.25) is 0 Å². The smallest absolute Gasteiger partial charge is 0.147 e. The van der Waals surface area contributed by atoms with Crippen LogP contribution in [0.4, 0.5) is 5.82 Å². The van der Waals surface area contributed by atoms with Crippen LogP contribution < -0.4 is 4.90 Å². The Morgan fingerprint density at radius 2 is 1.84 bits per heavy atom. The van der Waals surface area contributed by atoms with Crippen LogP contribution in [0.25, 0.3) is 0 Å². The van der Waals surface area contributed by atoms with Crippen molar-refractivity contribution in [2.45, 2.75) is 39.5 Å². The summed E-state index contributed by atoms with van der Waals surface area (Å²) in [6, 6.07) is 4.30. The van der Waals surface area contributed by atoms with E-state index >= 15 is 0 Å². The summed E-state index contributed by atoms with van der Waals surface area (Å²) in [5.41, 5.74) is 2.61. The number of nitrogens with zero attached hydrogens (tertiary/aromatic N) is 4. The third-order valence-corrected chi connectivity index (χ3v) is 5.74. The molecule has 2 saturated heterocycles. The van der Waals surface area contributed by atoms with Crippen molar-refractivity contribution < 1.29 is 5.11 Å². The van der Waals surface area contributed by atoms with Crippen LogP contribution in [0.5, 0.6) is 0 Å². The van der Waals surface area contributed by atoms with E-state index in [0.29, 0.717) is 11.5 Å². The van der Waals surface area contributed by atoms with Crippen LogP contribution in [0.3, 0.4) is 0 Å². The number of likely N-dealkylation sites (tertiary alicyclic amines) is 1. The average Bonchev–Trinajstić information content (AvgIpc) is 2.81. The molecule has 0 aromatic carbocycles. The first-order valence-electron chi connectivity index (χ1n) is 9.59. The quantitative estimate of drug-likeness (QED) is 0.911. The largest absolute Gasteiger partial charge is 0.396 e. The Kier molecular flexibility index (Phi) is 5.93. The molecule has 0 aliphatic carbocycles. The fourth-order valence-corrected chi connectivity index (χ4v) is 4.36. The maximum Gasteiger partial charge on any atom is 0.147 e. The van der Waals surface area contributed by atoms with Gasteiger partial charge in [0, 0.05) is 37.9 Å². The highest BCUT2D eigenvalue weighted by atomic mass is 16.3. The summed E-state index contributed by atoms with van der Waals surface area (Å²) in [4.78, 5) is 9.46. The first-order chi connectivity index (χ1) is 12.1. The minimum Gasteiger partial charge on any atom is -0.396 e. The maximum absolute atomic E-state index is 9.89. The van der Waals surface area contributed by atoms with Crippen molar-refractivity contribution in [3.8, 4) is 6.07 Å². The number of hydrogen-bond acceptors (Lipinski definition) is 5. The van der Waals surface area contributed by atoms with Crippen molar-refractivity contribution in [1.82, 2.24) is 9.88 Å². The summed E-state index contributed by atoms with van der Waals surface area (Å²) >= 11 is 0. The number of aromatic nitrogens is 1. The normalized spacial score (nSPS) is 25.0. The number of nitriles is 1. The molecule has 3 rings (SSSR count). The van der Waals surface area contributed by atoms with Gasteiger partial charge in [-0.15, -0.1) is 0 Å². The highest BCUT2D eigenvalue weighted by Gasteiger charge is 2.35. The number of rotatable bonds is 4. The van der Waals surface area contributed by atoms with Crippen molar-refractivity contribution in [2.75, 3.05) is 44.2 Å². The fourth-order valence-electron chi connectivity index (χ4n) is 4.36. The summed E-state index contributed by atoms with van der Waals surface area (Å²) < 4.78 is 0. The molecule has 1 aromatic heterocycles. The molecule has 0 radical (unpaired) electrons. The fraction of sp³-hybridized carbons (Fsp3) is 0.700. The van der Waals surface area contributed by atoms with Gasteiger partial charge >= 0.3 is 0 Å². The lowest BCUT2D eigenvalue weighted by molar-refractivity contribution is 0.165. The van der Waals surface area contributed by atoms with Gasteiger partial charge in [0.1, 0.15) is 11.9 Å². The number of aliphatic hydroxyl groups is 1. The molecule has 1 N–H and O–H groups in total. The van der Waals surface area contributed by atoms with Crippen LogP contribution in [0.2, 0.25) is 0 Å². The molecule has 1 aromatic rings. The highest BCUT2D eigenvalue weighted by molar-refractivity contribution is 5.58. The van der Waals surface area contributed by atoms with E-state index < -0.39 is 0 Å². The van der Waals surface area contributed by atoms with E-state index in [1.54, 1.807) is 0 Å². The van der Waals surface area contributed by atoms with Gasteiger partial charge in [0.05, 0.1) is 5.56 Å². The molecule has 0 spiro atoms. The number of pyridine rings is 1. The van der Waals surface area contributed by atoms with E-state index in [2.05, 4.69) is 20.9 Å². The molecule has 136 valence electrons. The van der Waals surface area contributed by atoms with E-state index in [0.717, 1.165) is 36.7 Å². The Balaban J connectivity index is 1.76. The molecule has 2 aliphatic rings. The first kappa shape index (κ1) is 18.2. The second-order valence-corrected chi connectivity index (χ2v) is 7.71. The van der Waals surface area contributed by atoms with Gasteiger partial charge in [-0.3, -0.25) is 0 Å². The molecule has 0 bridgehead atoms. The Morgan fingerprint density at radius 1 is 1.16 bits per heavy atom. The number of anilines is 1. The van der Waals surface area contributed by atoms with Crippen LogP contribution in [0.15, 0.2) is 6.07 Å². The van der Waals surface area contributed by atoms with Crippen molar-refractivity contribution in [1.29, 1.82) is 5.26 Å². The summed E-state index contributed by atoms with van der Waals surface area (Å²) in [7, 11) is 0. The van der Waals surface area contributed by atoms with Crippen LogP contribution in [0.1, 0.15) is 42.5 Å². The lowest BCUT2D eigenvalue weighted by Crippen LogP contribution is -2.34. The molecule has 25 heavy (non-hydrogen) atoms. The number of aryl methyl sites for hydroxylation is 2. The summed E-state index contributed by atoms with van der Waals surface area (Å²) in [6.45, 7) is 9.25. The maximum atomic E-state index is 9.89. The monoisotopic (exact) mass is 342 g/mol. The van der Waals surface area contributed by atoms with E-state index in [-0.39, 0.29) is 12.5 Å². The van der Waals surface area contributed by atoms with E-state index in [4.69, 9.17) is 0 Å². The van der Waals surface area contributed by atoms with Crippen molar-refractivity contribution >= 4 is 5.82 Å². The van der Waals surface area contributed by atoms with E-state index in [1.807, 2.05) is 19.9 Å². The topological polar surface area (TPSA) is 63.4 Å². The highest BCUT2D eigenvalue weighted by Crippen LogP contribution is 2.31. The summed E-state index contributed by atoms with van der Waals surface area (Å²) in [5, 5.41) is 19.4. The Hall–Kier alpha value is -1.64. The van der Waals surface area contributed by atoms with Crippen LogP contribution >= 0.6 is 0 Å².